The van der Waals surface area contributed by atoms with Crippen molar-refractivity contribution in [2.24, 2.45) is 5.92 Å². The second kappa shape index (κ2) is 14.8. The van der Waals surface area contributed by atoms with Crippen LogP contribution in [-0.2, 0) is 16.0 Å². The Balaban J connectivity index is 1.73. The predicted molar refractivity (Wildman–Crippen MR) is 153 cm³/mol. The fraction of sp³-hybridized carbons (Fsp3) is 0.375. The molecule has 0 saturated carbocycles. The van der Waals surface area contributed by atoms with E-state index in [9.17, 15) is 9.59 Å². The first kappa shape index (κ1) is 28.0. The van der Waals surface area contributed by atoms with Crippen molar-refractivity contribution in [2.75, 3.05) is 16.8 Å². The summed E-state index contributed by atoms with van der Waals surface area (Å²) in [7, 11) is 0. The lowest BCUT2D eigenvalue weighted by atomic mass is 10.0. The highest BCUT2D eigenvalue weighted by Crippen LogP contribution is 2.34. The average Bonchev–Trinajstić information content (AvgIpc) is 2.90. The standard InChI is InChI=1S/C32H40N2O3/c1-4-37-30-20-14-13-19-29(30)34(32(36)31(35)33-27-17-11-8-12-18-27)28-23-21-26(22-24-28)16-10-7-5-6-9-15-25(2)3/h8,11-14,17-25H,4-7,9-10,15-16H2,1-3H3,(H,33,35). The Hall–Kier alpha value is -3.60. The first-order valence-electron chi connectivity index (χ1n) is 13.5. The minimum Gasteiger partial charge on any atom is -0.492 e. The van der Waals surface area contributed by atoms with Crippen LogP contribution in [0.25, 0.3) is 0 Å². The zero-order valence-corrected chi connectivity index (χ0v) is 22.4. The Morgan fingerprint density at radius 3 is 2.16 bits per heavy atom. The monoisotopic (exact) mass is 500 g/mol. The lowest BCUT2D eigenvalue weighted by Gasteiger charge is -2.25. The van der Waals surface area contributed by atoms with Crippen molar-refractivity contribution in [1.29, 1.82) is 0 Å². The van der Waals surface area contributed by atoms with Crippen LogP contribution in [0.2, 0.25) is 0 Å². The van der Waals surface area contributed by atoms with Crippen LogP contribution < -0.4 is 15.0 Å². The topological polar surface area (TPSA) is 58.6 Å². The number of carbonyl (C=O) groups is 2. The van der Waals surface area contributed by atoms with Crippen LogP contribution in [0, 0.1) is 5.92 Å². The average molecular weight is 501 g/mol. The zero-order valence-electron chi connectivity index (χ0n) is 22.4. The molecule has 3 rings (SSSR count). The number of carbonyl (C=O) groups excluding carboxylic acids is 2. The molecular weight excluding hydrogens is 460 g/mol. The van der Waals surface area contributed by atoms with Crippen LogP contribution in [0.15, 0.2) is 78.9 Å². The Bertz CT molecular complexity index is 1110. The Morgan fingerprint density at radius 2 is 1.46 bits per heavy atom. The number of aryl methyl sites for hydroxylation is 1. The van der Waals surface area contributed by atoms with Crippen LogP contribution in [-0.4, -0.2) is 18.4 Å². The molecule has 0 fully saturated rings. The molecule has 0 atom stereocenters. The van der Waals surface area contributed by atoms with Crippen molar-refractivity contribution in [3.63, 3.8) is 0 Å². The number of hydrogen-bond donors (Lipinski definition) is 1. The number of benzene rings is 3. The van der Waals surface area contributed by atoms with E-state index in [1.807, 2.05) is 67.6 Å². The van der Waals surface area contributed by atoms with E-state index in [1.165, 1.54) is 42.6 Å². The van der Waals surface area contributed by atoms with E-state index >= 15 is 0 Å². The van der Waals surface area contributed by atoms with Crippen molar-refractivity contribution in [2.45, 2.75) is 65.7 Å². The van der Waals surface area contributed by atoms with Gasteiger partial charge >= 0.3 is 11.8 Å². The van der Waals surface area contributed by atoms with Gasteiger partial charge in [0, 0.05) is 11.4 Å². The van der Waals surface area contributed by atoms with Crippen molar-refractivity contribution >= 4 is 28.9 Å². The predicted octanol–water partition coefficient (Wildman–Crippen LogP) is 7.93. The molecule has 0 bridgehead atoms. The minimum absolute atomic E-state index is 0.450. The highest BCUT2D eigenvalue weighted by atomic mass is 16.5. The molecule has 0 aliphatic carbocycles. The first-order valence-corrected chi connectivity index (χ1v) is 13.5. The van der Waals surface area contributed by atoms with Gasteiger partial charge in [0.15, 0.2) is 0 Å². The lowest BCUT2D eigenvalue weighted by Crippen LogP contribution is -2.37. The summed E-state index contributed by atoms with van der Waals surface area (Å²) < 4.78 is 5.79. The van der Waals surface area contributed by atoms with Gasteiger partial charge in [0.1, 0.15) is 5.75 Å². The van der Waals surface area contributed by atoms with Gasteiger partial charge in [-0.3, -0.25) is 14.5 Å². The third kappa shape index (κ3) is 8.78. The Kier molecular flexibility index (Phi) is 11.2. The van der Waals surface area contributed by atoms with E-state index < -0.39 is 11.8 Å². The molecule has 0 radical (unpaired) electrons. The molecule has 0 aromatic heterocycles. The molecule has 0 heterocycles. The molecule has 3 aromatic carbocycles. The van der Waals surface area contributed by atoms with Gasteiger partial charge in [0.2, 0.25) is 0 Å². The molecule has 0 aliphatic rings. The number of hydrogen-bond acceptors (Lipinski definition) is 3. The van der Waals surface area contributed by atoms with Crippen LogP contribution in [0.1, 0.15) is 64.9 Å². The number of ether oxygens (including phenoxy) is 1. The number of nitrogens with one attached hydrogen (secondary N) is 1. The van der Waals surface area contributed by atoms with Crippen molar-refractivity contribution in [3.8, 4) is 5.75 Å². The molecule has 5 nitrogen and oxygen atoms in total. The van der Waals surface area contributed by atoms with E-state index in [0.29, 0.717) is 29.4 Å². The maximum atomic E-state index is 13.5. The Morgan fingerprint density at radius 1 is 0.811 bits per heavy atom. The molecular formula is C32H40N2O3. The summed E-state index contributed by atoms with van der Waals surface area (Å²) in [6, 6.07) is 24.2. The number of nitrogens with zero attached hydrogens (tertiary/aromatic N) is 1. The van der Waals surface area contributed by atoms with Crippen LogP contribution in [0.5, 0.6) is 5.75 Å². The van der Waals surface area contributed by atoms with Crippen LogP contribution in [0.3, 0.4) is 0 Å². The van der Waals surface area contributed by atoms with Gasteiger partial charge in [0.25, 0.3) is 0 Å². The van der Waals surface area contributed by atoms with E-state index in [2.05, 4.69) is 19.2 Å². The number of unbranched alkanes of at least 4 members (excludes halogenated alkanes) is 4. The van der Waals surface area contributed by atoms with E-state index in [1.54, 1.807) is 18.2 Å². The van der Waals surface area contributed by atoms with Gasteiger partial charge in [0.05, 0.1) is 12.3 Å². The SMILES string of the molecule is CCOc1ccccc1N(C(=O)C(=O)Nc1ccccc1)c1ccc(CCCCCCCC(C)C)cc1. The second-order valence-electron chi connectivity index (χ2n) is 9.73. The normalized spacial score (nSPS) is 10.8. The first-order chi connectivity index (χ1) is 18.0. The third-order valence-corrected chi connectivity index (χ3v) is 6.28. The summed E-state index contributed by atoms with van der Waals surface area (Å²) >= 11 is 0. The van der Waals surface area contributed by atoms with E-state index in [-0.39, 0.29) is 0 Å². The molecule has 3 aromatic rings. The molecule has 5 heteroatoms. The van der Waals surface area contributed by atoms with Gasteiger partial charge in [-0.25, -0.2) is 0 Å². The van der Waals surface area contributed by atoms with Crippen LogP contribution >= 0.6 is 0 Å². The number of para-hydroxylation sites is 3. The lowest BCUT2D eigenvalue weighted by molar-refractivity contribution is -0.134. The van der Waals surface area contributed by atoms with Gasteiger partial charge in [-0.05, 0) is 67.6 Å². The molecule has 2 amide bonds. The molecule has 1 N–H and O–H groups in total. The maximum Gasteiger partial charge on any atom is 0.321 e. The summed E-state index contributed by atoms with van der Waals surface area (Å²) in [5.41, 5.74) is 2.95. The Labute approximate surface area is 221 Å². The summed E-state index contributed by atoms with van der Waals surface area (Å²) in [6.45, 7) is 6.91. The largest absolute Gasteiger partial charge is 0.492 e. The molecule has 0 saturated heterocycles. The number of rotatable bonds is 13. The number of amides is 2. The van der Waals surface area contributed by atoms with Gasteiger partial charge in [-0.15, -0.1) is 0 Å². The van der Waals surface area contributed by atoms with Gasteiger partial charge in [-0.2, -0.15) is 0 Å². The summed E-state index contributed by atoms with van der Waals surface area (Å²) in [6.07, 6.45) is 8.59. The zero-order chi connectivity index (χ0) is 26.5. The van der Waals surface area contributed by atoms with Gasteiger partial charge < -0.3 is 10.1 Å². The maximum absolute atomic E-state index is 13.5. The minimum atomic E-state index is -0.709. The van der Waals surface area contributed by atoms with Crippen molar-refractivity contribution < 1.29 is 14.3 Å². The summed E-state index contributed by atoms with van der Waals surface area (Å²) in [5.74, 6) is -0.0496. The fourth-order valence-electron chi connectivity index (χ4n) is 4.32. The van der Waals surface area contributed by atoms with E-state index in [4.69, 9.17) is 4.74 Å². The molecule has 0 unspecified atom stereocenters. The quantitative estimate of drug-likeness (QED) is 0.191. The third-order valence-electron chi connectivity index (χ3n) is 6.28. The van der Waals surface area contributed by atoms with Crippen molar-refractivity contribution in [1.82, 2.24) is 0 Å². The second-order valence-corrected chi connectivity index (χ2v) is 9.73. The highest BCUT2D eigenvalue weighted by molar-refractivity contribution is 6.45. The summed E-state index contributed by atoms with van der Waals surface area (Å²) in [4.78, 5) is 27.9. The van der Waals surface area contributed by atoms with Crippen molar-refractivity contribution in [3.05, 3.63) is 84.4 Å². The fourth-order valence-corrected chi connectivity index (χ4v) is 4.32. The van der Waals surface area contributed by atoms with Gasteiger partial charge in [-0.1, -0.05) is 88.4 Å². The molecule has 0 spiro atoms. The highest BCUT2D eigenvalue weighted by Gasteiger charge is 2.27. The van der Waals surface area contributed by atoms with E-state index in [0.717, 1.165) is 18.8 Å². The smallest absolute Gasteiger partial charge is 0.321 e. The van der Waals surface area contributed by atoms with Crippen LogP contribution in [0.4, 0.5) is 17.1 Å². The molecule has 196 valence electrons. The molecule has 0 aliphatic heterocycles. The molecule has 37 heavy (non-hydrogen) atoms. The number of anilines is 3. The summed E-state index contributed by atoms with van der Waals surface area (Å²) in [5, 5.41) is 2.71.